The molecule has 3 aromatic rings. The Kier molecular flexibility index (Phi) is 7.80. The number of hydrogen-bond donors (Lipinski definition) is 3. The first-order valence-electron chi connectivity index (χ1n) is 12.4. The molecule has 1 unspecified atom stereocenters. The van der Waals surface area contributed by atoms with Crippen molar-refractivity contribution in [3.8, 4) is 0 Å². The first-order valence-corrected chi connectivity index (χ1v) is 15.5. The summed E-state index contributed by atoms with van der Waals surface area (Å²) in [7, 11) is 0. The van der Waals surface area contributed by atoms with Crippen molar-refractivity contribution in [2.75, 3.05) is 29.5 Å². The van der Waals surface area contributed by atoms with Gasteiger partial charge in [-0.2, -0.15) is 0 Å². The average molecular weight is 637 g/mol. The van der Waals surface area contributed by atoms with E-state index >= 15 is 0 Å². The fourth-order valence-corrected chi connectivity index (χ4v) is 7.50. The highest BCUT2D eigenvalue weighted by Crippen LogP contribution is 2.53. The molecule has 2 aromatic heterocycles. The Bertz CT molecular complexity index is 1350. The molecule has 2 atom stereocenters. The molecule has 8 nitrogen and oxygen atoms in total. The first kappa shape index (κ1) is 27.8. The van der Waals surface area contributed by atoms with Crippen LogP contribution in [0, 0.1) is 5.41 Å². The summed E-state index contributed by atoms with van der Waals surface area (Å²) in [6.45, 7) is 7.63. The maximum Gasteiger partial charge on any atom is 0.158 e. The van der Waals surface area contributed by atoms with Gasteiger partial charge in [0, 0.05) is 45.4 Å². The topological polar surface area (TPSA) is 129 Å². The van der Waals surface area contributed by atoms with Crippen LogP contribution in [0.4, 0.5) is 17.5 Å². The average Bonchev–Trinajstić information content (AvgIpc) is 3.15. The molecule has 1 spiro atoms. The molecular weight excluding hydrogens is 606 g/mol. The Balaban J connectivity index is 1.33. The number of hydrogen-bond acceptors (Lipinski definition) is 9. The van der Waals surface area contributed by atoms with Gasteiger partial charge in [-0.25, -0.2) is 15.0 Å². The summed E-state index contributed by atoms with van der Waals surface area (Å²) in [4.78, 5) is 16.2. The lowest BCUT2D eigenvalue weighted by molar-refractivity contribution is 0.176. The molecule has 5 N–H and O–H groups in total. The van der Waals surface area contributed by atoms with Gasteiger partial charge in [0.25, 0.3) is 0 Å². The van der Waals surface area contributed by atoms with Crippen molar-refractivity contribution in [3.63, 3.8) is 0 Å². The number of piperidine rings is 1. The van der Waals surface area contributed by atoms with Gasteiger partial charge in [0.1, 0.15) is 21.4 Å². The maximum absolute atomic E-state index is 13.2. The van der Waals surface area contributed by atoms with Crippen molar-refractivity contribution in [1.82, 2.24) is 19.7 Å². The van der Waals surface area contributed by atoms with Crippen LogP contribution < -0.4 is 21.1 Å². The fraction of sp³-hybridized carbons (Fsp3) is 0.423. The Morgan fingerprint density at radius 3 is 2.61 bits per heavy atom. The molecule has 0 amide bonds. The van der Waals surface area contributed by atoms with Gasteiger partial charge < -0.3 is 20.9 Å². The van der Waals surface area contributed by atoms with Gasteiger partial charge in [-0.3, -0.25) is 0 Å². The fourth-order valence-electron chi connectivity index (χ4n) is 5.16. The number of anilines is 3. The third kappa shape index (κ3) is 5.46. The van der Waals surface area contributed by atoms with E-state index in [2.05, 4.69) is 58.7 Å². The van der Waals surface area contributed by atoms with Crippen LogP contribution in [-0.2, 0) is 17.8 Å². The molecule has 5 rings (SSSR count). The second kappa shape index (κ2) is 10.7. The van der Waals surface area contributed by atoms with Gasteiger partial charge >= 0.3 is 0 Å². The number of nitrogens with zero attached hydrogens (tertiary/aromatic N) is 4. The molecule has 1 saturated heterocycles. The van der Waals surface area contributed by atoms with Gasteiger partial charge in [-0.05, 0) is 69.4 Å². The SMILES string of the molecule is CC(C)(C)[S+]([O-])N[C@@H]1c2cc(Br)ccc2CC12CCN(c1cnc(Sc3ccnc(N)c3Cl)c(N)n1)CC2. The van der Waals surface area contributed by atoms with E-state index in [1.807, 2.05) is 20.8 Å². The lowest BCUT2D eigenvalue weighted by Crippen LogP contribution is -2.49. The minimum atomic E-state index is -1.18. The number of nitrogen functional groups attached to an aromatic ring is 2. The van der Waals surface area contributed by atoms with E-state index in [0.717, 1.165) is 47.5 Å². The van der Waals surface area contributed by atoms with Gasteiger partial charge in [0.05, 0.1) is 17.3 Å². The number of aromatic nitrogens is 3. The van der Waals surface area contributed by atoms with Crippen LogP contribution in [0.25, 0.3) is 0 Å². The molecule has 1 aliphatic carbocycles. The summed E-state index contributed by atoms with van der Waals surface area (Å²) >= 11 is 10.1. The Hall–Kier alpha value is -1.76. The Morgan fingerprint density at radius 2 is 1.92 bits per heavy atom. The highest BCUT2D eigenvalue weighted by atomic mass is 79.9. The minimum absolute atomic E-state index is 0.0182. The normalized spacial score (nSPS) is 19.5. The minimum Gasteiger partial charge on any atom is -0.598 e. The van der Waals surface area contributed by atoms with Crippen molar-refractivity contribution in [3.05, 3.63) is 57.3 Å². The number of nitrogens with one attached hydrogen (secondary N) is 1. The number of nitrogens with two attached hydrogens (primary N) is 2. The molecule has 0 bridgehead atoms. The second-order valence-corrected chi connectivity index (χ2v) is 15.2. The van der Waals surface area contributed by atoms with Crippen molar-refractivity contribution in [1.29, 1.82) is 0 Å². The second-order valence-electron chi connectivity index (χ2n) is 10.8. The number of rotatable bonds is 5. The van der Waals surface area contributed by atoms with E-state index < -0.39 is 11.4 Å². The largest absolute Gasteiger partial charge is 0.598 e. The zero-order valence-electron chi connectivity index (χ0n) is 21.5. The van der Waals surface area contributed by atoms with E-state index in [4.69, 9.17) is 23.1 Å². The van der Waals surface area contributed by atoms with E-state index in [-0.39, 0.29) is 22.0 Å². The van der Waals surface area contributed by atoms with Crippen LogP contribution >= 0.6 is 39.3 Å². The molecule has 1 aliphatic heterocycles. The molecular formula is C26H31BrClN7OS2. The monoisotopic (exact) mass is 635 g/mol. The van der Waals surface area contributed by atoms with Crippen LogP contribution in [0.15, 0.2) is 51.1 Å². The van der Waals surface area contributed by atoms with Crippen molar-refractivity contribution >= 4 is 68.1 Å². The van der Waals surface area contributed by atoms with Crippen molar-refractivity contribution < 1.29 is 4.55 Å². The summed E-state index contributed by atoms with van der Waals surface area (Å²) in [6, 6.07) is 8.26. The van der Waals surface area contributed by atoms with Crippen molar-refractivity contribution in [2.24, 2.45) is 5.41 Å². The molecule has 1 aromatic carbocycles. The lowest BCUT2D eigenvalue weighted by Gasteiger charge is -2.44. The smallest absolute Gasteiger partial charge is 0.158 e. The van der Waals surface area contributed by atoms with Crippen LogP contribution in [0.2, 0.25) is 5.02 Å². The van der Waals surface area contributed by atoms with Crippen LogP contribution in [0.3, 0.4) is 0 Å². The first-order chi connectivity index (χ1) is 18.0. The van der Waals surface area contributed by atoms with E-state index in [9.17, 15) is 4.55 Å². The van der Waals surface area contributed by atoms with E-state index in [0.29, 0.717) is 15.9 Å². The van der Waals surface area contributed by atoms with Crippen LogP contribution in [-0.4, -0.2) is 37.3 Å². The van der Waals surface area contributed by atoms with Gasteiger partial charge in [0.2, 0.25) is 0 Å². The number of fused-ring (bicyclic) bond motifs is 1. The number of benzene rings is 1. The molecule has 12 heteroatoms. The summed E-state index contributed by atoms with van der Waals surface area (Å²) in [6.07, 6.45) is 6.19. The van der Waals surface area contributed by atoms with E-state index in [1.54, 1.807) is 18.5 Å². The standard InChI is InChI=1S/C26H31BrClN7OS2/c1-25(2,3)38(36)34-21-17-12-16(27)5-4-15(17)13-26(21)7-10-35(11-8-26)19-14-32-24(23(30)33-19)37-18-6-9-31-22(29)20(18)28/h4-6,9,12,14,21,34H,7-8,10-11,13H2,1-3H3,(H2,29,31)(H2,30,33)/t21-,38?/m1/s1. The summed E-state index contributed by atoms with van der Waals surface area (Å²) in [5.41, 5.74) is 14.7. The molecule has 3 heterocycles. The number of halogens is 2. The van der Waals surface area contributed by atoms with Gasteiger partial charge in [-0.1, -0.05) is 45.4 Å². The van der Waals surface area contributed by atoms with Gasteiger partial charge in [-0.15, -0.1) is 4.72 Å². The van der Waals surface area contributed by atoms with Crippen LogP contribution in [0.1, 0.15) is 50.8 Å². The molecule has 38 heavy (non-hydrogen) atoms. The highest BCUT2D eigenvalue weighted by molar-refractivity contribution is 9.10. The van der Waals surface area contributed by atoms with E-state index in [1.165, 1.54) is 22.9 Å². The van der Waals surface area contributed by atoms with Crippen molar-refractivity contribution in [2.45, 2.75) is 60.7 Å². The molecule has 1 fully saturated rings. The summed E-state index contributed by atoms with van der Waals surface area (Å²) in [5, 5.41) is 0.949. The molecule has 0 radical (unpaired) electrons. The highest BCUT2D eigenvalue weighted by Gasteiger charge is 2.50. The summed E-state index contributed by atoms with van der Waals surface area (Å²) < 4.78 is 17.4. The molecule has 0 saturated carbocycles. The molecule has 202 valence electrons. The Labute approximate surface area is 244 Å². The van der Waals surface area contributed by atoms with Crippen LogP contribution in [0.5, 0.6) is 0 Å². The lowest BCUT2D eigenvalue weighted by atomic mass is 9.73. The van der Waals surface area contributed by atoms with Gasteiger partial charge in [0.15, 0.2) is 5.82 Å². The quantitative estimate of drug-likeness (QED) is 0.309. The predicted molar refractivity (Wildman–Crippen MR) is 160 cm³/mol. The Morgan fingerprint density at radius 1 is 1.18 bits per heavy atom. The predicted octanol–water partition coefficient (Wildman–Crippen LogP) is 5.54. The third-order valence-electron chi connectivity index (χ3n) is 7.28. The third-order valence-corrected chi connectivity index (χ3v) is 10.9. The molecule has 2 aliphatic rings. The maximum atomic E-state index is 13.2. The summed E-state index contributed by atoms with van der Waals surface area (Å²) in [5.74, 6) is 1.36. The number of pyridine rings is 1. The zero-order valence-corrected chi connectivity index (χ0v) is 25.5. The zero-order chi connectivity index (χ0) is 27.2.